The van der Waals surface area contributed by atoms with Crippen molar-refractivity contribution in [3.63, 3.8) is 0 Å². The van der Waals surface area contributed by atoms with Gasteiger partial charge in [0.25, 0.3) is 0 Å². The third-order valence-corrected chi connectivity index (χ3v) is 2.65. The van der Waals surface area contributed by atoms with E-state index in [0.717, 1.165) is 16.9 Å². The van der Waals surface area contributed by atoms with Crippen molar-refractivity contribution in [2.45, 2.75) is 6.54 Å². The molecule has 1 amide bonds. The lowest BCUT2D eigenvalue weighted by Crippen LogP contribution is -2.19. The minimum atomic E-state index is -0.121. The molecule has 1 aromatic heterocycles. The lowest BCUT2D eigenvalue weighted by Gasteiger charge is -2.01. The Morgan fingerprint density at radius 1 is 1.42 bits per heavy atom. The van der Waals surface area contributed by atoms with Crippen LogP contribution in [-0.4, -0.2) is 18.0 Å². The molecular weight excluding hydrogens is 240 g/mol. The molecule has 0 aliphatic heterocycles. The molecule has 0 radical (unpaired) electrons. The van der Waals surface area contributed by atoms with Crippen LogP contribution in [0.5, 0.6) is 5.75 Å². The number of hydrogen-bond donors (Lipinski definition) is 2. The molecule has 0 saturated heterocycles. The summed E-state index contributed by atoms with van der Waals surface area (Å²) in [4.78, 5) is 14.6. The highest BCUT2D eigenvalue weighted by molar-refractivity contribution is 5.91. The lowest BCUT2D eigenvalue weighted by molar-refractivity contribution is -0.116. The Bertz CT molecular complexity index is 559. The van der Waals surface area contributed by atoms with Gasteiger partial charge < -0.3 is 15.0 Å². The van der Waals surface area contributed by atoms with E-state index in [9.17, 15) is 4.79 Å². The molecule has 2 N–H and O–H groups in total. The summed E-state index contributed by atoms with van der Waals surface area (Å²) in [6.07, 6.45) is 6.95. The predicted octanol–water partition coefficient (Wildman–Crippen LogP) is 2.35. The van der Waals surface area contributed by atoms with Crippen LogP contribution in [-0.2, 0) is 11.3 Å². The minimum absolute atomic E-state index is 0.121. The number of nitrogens with one attached hydrogen (secondary N) is 2. The molecule has 2 aromatic rings. The van der Waals surface area contributed by atoms with Crippen LogP contribution in [0.4, 0.5) is 0 Å². The fourth-order valence-corrected chi connectivity index (χ4v) is 1.63. The van der Waals surface area contributed by atoms with Crippen LogP contribution in [0, 0.1) is 0 Å². The van der Waals surface area contributed by atoms with Crippen molar-refractivity contribution in [2.24, 2.45) is 0 Å². The Morgan fingerprint density at radius 2 is 2.32 bits per heavy atom. The molecule has 19 heavy (non-hydrogen) atoms. The van der Waals surface area contributed by atoms with Gasteiger partial charge in [-0.25, -0.2) is 0 Å². The van der Waals surface area contributed by atoms with Crippen LogP contribution in [0.2, 0.25) is 0 Å². The number of benzene rings is 1. The van der Waals surface area contributed by atoms with Crippen LogP contribution >= 0.6 is 0 Å². The van der Waals surface area contributed by atoms with Gasteiger partial charge in [-0.15, -0.1) is 0 Å². The number of methoxy groups -OCH3 is 1. The van der Waals surface area contributed by atoms with E-state index in [-0.39, 0.29) is 5.91 Å². The highest BCUT2D eigenvalue weighted by Crippen LogP contribution is 2.13. The molecule has 0 aliphatic rings. The molecule has 2 rings (SSSR count). The SMILES string of the molecule is COc1cccc(/C=C/C(=O)NCc2cc[nH]c2)c1. The van der Waals surface area contributed by atoms with E-state index >= 15 is 0 Å². The molecule has 1 heterocycles. The fraction of sp³-hybridized carbons (Fsp3) is 0.133. The van der Waals surface area contributed by atoms with Gasteiger partial charge in [0.1, 0.15) is 5.75 Å². The van der Waals surface area contributed by atoms with Crippen molar-refractivity contribution in [1.29, 1.82) is 0 Å². The van der Waals surface area contributed by atoms with E-state index in [4.69, 9.17) is 4.74 Å². The van der Waals surface area contributed by atoms with Gasteiger partial charge in [0.05, 0.1) is 7.11 Å². The Balaban J connectivity index is 1.88. The maximum Gasteiger partial charge on any atom is 0.244 e. The smallest absolute Gasteiger partial charge is 0.244 e. The topological polar surface area (TPSA) is 54.1 Å². The third-order valence-electron chi connectivity index (χ3n) is 2.65. The van der Waals surface area contributed by atoms with E-state index in [1.165, 1.54) is 6.08 Å². The maximum absolute atomic E-state index is 11.6. The molecule has 0 spiro atoms. The van der Waals surface area contributed by atoms with Crippen molar-refractivity contribution >= 4 is 12.0 Å². The van der Waals surface area contributed by atoms with Gasteiger partial charge in [0.15, 0.2) is 0 Å². The Labute approximate surface area is 112 Å². The Hall–Kier alpha value is -2.49. The minimum Gasteiger partial charge on any atom is -0.497 e. The number of amides is 1. The van der Waals surface area contributed by atoms with Crippen molar-refractivity contribution < 1.29 is 9.53 Å². The van der Waals surface area contributed by atoms with E-state index in [1.807, 2.05) is 42.7 Å². The summed E-state index contributed by atoms with van der Waals surface area (Å²) in [5.74, 6) is 0.652. The Morgan fingerprint density at radius 3 is 3.05 bits per heavy atom. The van der Waals surface area contributed by atoms with Crippen molar-refractivity contribution in [3.8, 4) is 5.75 Å². The summed E-state index contributed by atoms with van der Waals surface area (Å²) < 4.78 is 5.12. The average molecular weight is 256 g/mol. The molecule has 0 aliphatic carbocycles. The summed E-state index contributed by atoms with van der Waals surface area (Å²) >= 11 is 0. The van der Waals surface area contributed by atoms with Crippen LogP contribution in [0.25, 0.3) is 6.08 Å². The van der Waals surface area contributed by atoms with Gasteiger partial charge >= 0.3 is 0 Å². The van der Waals surface area contributed by atoms with Crippen LogP contribution in [0.3, 0.4) is 0 Å². The number of carbonyl (C=O) groups excluding carboxylic acids is 1. The summed E-state index contributed by atoms with van der Waals surface area (Å²) in [5.41, 5.74) is 1.97. The first kappa shape index (κ1) is 13.0. The number of ether oxygens (including phenoxy) is 1. The molecule has 0 fully saturated rings. The van der Waals surface area contributed by atoms with Crippen LogP contribution in [0.15, 0.2) is 48.8 Å². The summed E-state index contributed by atoms with van der Waals surface area (Å²) in [7, 11) is 1.62. The summed E-state index contributed by atoms with van der Waals surface area (Å²) in [6, 6.07) is 9.46. The van der Waals surface area contributed by atoms with Crippen molar-refractivity contribution in [1.82, 2.24) is 10.3 Å². The van der Waals surface area contributed by atoms with E-state index < -0.39 is 0 Å². The van der Waals surface area contributed by atoms with Gasteiger partial charge in [-0.1, -0.05) is 12.1 Å². The normalized spacial score (nSPS) is 10.6. The molecule has 0 bridgehead atoms. The van der Waals surface area contributed by atoms with Crippen LogP contribution < -0.4 is 10.1 Å². The number of carbonyl (C=O) groups is 1. The predicted molar refractivity (Wildman–Crippen MR) is 74.7 cm³/mol. The lowest BCUT2D eigenvalue weighted by atomic mass is 10.2. The monoisotopic (exact) mass is 256 g/mol. The van der Waals surface area contributed by atoms with E-state index in [2.05, 4.69) is 10.3 Å². The standard InChI is InChI=1S/C15H16N2O2/c1-19-14-4-2-3-12(9-14)5-6-15(18)17-11-13-7-8-16-10-13/h2-10,16H,11H2,1H3,(H,17,18)/b6-5+. The van der Waals surface area contributed by atoms with Gasteiger partial charge in [-0.3, -0.25) is 4.79 Å². The number of H-pyrrole nitrogens is 1. The summed E-state index contributed by atoms with van der Waals surface area (Å²) in [6.45, 7) is 0.519. The second-order valence-corrected chi connectivity index (χ2v) is 4.05. The van der Waals surface area contributed by atoms with E-state index in [0.29, 0.717) is 6.54 Å². The molecule has 4 nitrogen and oxygen atoms in total. The van der Waals surface area contributed by atoms with Crippen LogP contribution in [0.1, 0.15) is 11.1 Å². The zero-order valence-corrected chi connectivity index (χ0v) is 10.7. The van der Waals surface area contributed by atoms with E-state index in [1.54, 1.807) is 13.2 Å². The first-order valence-electron chi connectivity index (χ1n) is 5.99. The first-order valence-corrected chi connectivity index (χ1v) is 5.99. The molecule has 0 saturated carbocycles. The maximum atomic E-state index is 11.6. The molecule has 98 valence electrons. The fourth-order valence-electron chi connectivity index (χ4n) is 1.63. The molecular formula is C15H16N2O2. The quantitative estimate of drug-likeness (QED) is 0.807. The molecule has 4 heteroatoms. The number of rotatable bonds is 5. The highest BCUT2D eigenvalue weighted by Gasteiger charge is 1.97. The zero-order valence-electron chi connectivity index (χ0n) is 10.7. The third kappa shape index (κ3) is 4.03. The first-order chi connectivity index (χ1) is 9.28. The number of aromatic nitrogens is 1. The highest BCUT2D eigenvalue weighted by atomic mass is 16.5. The zero-order chi connectivity index (χ0) is 13.5. The van der Waals surface area contributed by atoms with Crippen molar-refractivity contribution in [3.05, 3.63) is 59.9 Å². The second-order valence-electron chi connectivity index (χ2n) is 4.05. The summed E-state index contributed by atoms with van der Waals surface area (Å²) in [5, 5.41) is 2.81. The molecule has 1 aromatic carbocycles. The molecule has 0 atom stereocenters. The van der Waals surface area contributed by atoms with Gasteiger partial charge in [-0.2, -0.15) is 0 Å². The van der Waals surface area contributed by atoms with Gasteiger partial charge in [0, 0.05) is 25.0 Å². The number of aromatic amines is 1. The van der Waals surface area contributed by atoms with Crippen molar-refractivity contribution in [2.75, 3.05) is 7.11 Å². The number of hydrogen-bond acceptors (Lipinski definition) is 2. The van der Waals surface area contributed by atoms with Gasteiger partial charge in [0.2, 0.25) is 5.91 Å². The van der Waals surface area contributed by atoms with Gasteiger partial charge in [-0.05, 0) is 35.4 Å². The largest absolute Gasteiger partial charge is 0.497 e. The molecule has 0 unspecified atom stereocenters. The Kier molecular flexibility index (Phi) is 4.39. The average Bonchev–Trinajstić information content (AvgIpc) is 2.96. The second kappa shape index (κ2) is 6.44.